The summed E-state index contributed by atoms with van der Waals surface area (Å²) in [5, 5.41) is 7.95. The van der Waals surface area contributed by atoms with Crippen molar-refractivity contribution in [3.8, 4) is 0 Å². The van der Waals surface area contributed by atoms with Crippen LogP contribution in [0.2, 0.25) is 0 Å². The largest absolute Gasteiger partial charge is 0.310 e. The van der Waals surface area contributed by atoms with Crippen LogP contribution in [0, 0.1) is 0 Å². The molecular weight excluding hydrogens is 258 g/mol. The van der Waals surface area contributed by atoms with Gasteiger partial charge in [0.15, 0.2) is 0 Å². The summed E-state index contributed by atoms with van der Waals surface area (Å²) < 4.78 is 1.99. The zero-order valence-electron chi connectivity index (χ0n) is 13.6. The standard InChI is InChI=1S/C18H27N3/c1-5-19-18(11-15-12-20-21(6-2)13-15)17-9-7-16(8-10-17)14(3)4/h7-10,12-14,18-19H,5-6,11H2,1-4H3. The summed E-state index contributed by atoms with van der Waals surface area (Å²) in [6.45, 7) is 10.6. The van der Waals surface area contributed by atoms with Crippen LogP contribution < -0.4 is 5.32 Å². The van der Waals surface area contributed by atoms with Crippen LogP contribution in [0.4, 0.5) is 0 Å². The Kier molecular flexibility index (Phi) is 5.57. The molecule has 1 aromatic heterocycles. The van der Waals surface area contributed by atoms with Gasteiger partial charge in [0.25, 0.3) is 0 Å². The highest BCUT2D eigenvalue weighted by atomic mass is 15.3. The van der Waals surface area contributed by atoms with E-state index in [1.165, 1.54) is 16.7 Å². The SMILES string of the molecule is CCNC(Cc1cnn(CC)c1)c1ccc(C(C)C)cc1. The molecule has 1 aromatic carbocycles. The molecule has 0 aliphatic rings. The summed E-state index contributed by atoms with van der Waals surface area (Å²) in [6, 6.07) is 9.37. The van der Waals surface area contributed by atoms with Gasteiger partial charge in [-0.3, -0.25) is 4.68 Å². The van der Waals surface area contributed by atoms with Gasteiger partial charge >= 0.3 is 0 Å². The molecular formula is C18H27N3. The number of hydrogen-bond acceptors (Lipinski definition) is 2. The van der Waals surface area contributed by atoms with Crippen LogP contribution in [0.25, 0.3) is 0 Å². The molecule has 1 N–H and O–H groups in total. The zero-order valence-corrected chi connectivity index (χ0v) is 13.6. The smallest absolute Gasteiger partial charge is 0.0522 e. The Morgan fingerprint density at radius 2 is 1.76 bits per heavy atom. The first-order chi connectivity index (χ1) is 10.1. The van der Waals surface area contributed by atoms with E-state index >= 15 is 0 Å². The number of hydrogen-bond donors (Lipinski definition) is 1. The molecule has 1 atom stereocenters. The Morgan fingerprint density at radius 3 is 2.29 bits per heavy atom. The van der Waals surface area contributed by atoms with E-state index in [0.717, 1.165) is 19.5 Å². The van der Waals surface area contributed by atoms with Crippen LogP contribution in [0.3, 0.4) is 0 Å². The normalized spacial score (nSPS) is 12.8. The summed E-state index contributed by atoms with van der Waals surface area (Å²) in [6.07, 6.45) is 5.11. The van der Waals surface area contributed by atoms with Crippen molar-refractivity contribution in [2.24, 2.45) is 0 Å². The van der Waals surface area contributed by atoms with Gasteiger partial charge in [0.2, 0.25) is 0 Å². The molecule has 0 radical (unpaired) electrons. The number of rotatable bonds is 7. The molecule has 0 aliphatic carbocycles. The maximum Gasteiger partial charge on any atom is 0.0522 e. The fourth-order valence-corrected chi connectivity index (χ4v) is 2.59. The van der Waals surface area contributed by atoms with Crippen molar-refractivity contribution in [2.75, 3.05) is 6.54 Å². The van der Waals surface area contributed by atoms with Crippen LogP contribution >= 0.6 is 0 Å². The van der Waals surface area contributed by atoms with Gasteiger partial charge in [0.1, 0.15) is 0 Å². The van der Waals surface area contributed by atoms with Gasteiger partial charge in [-0.25, -0.2) is 0 Å². The van der Waals surface area contributed by atoms with E-state index in [2.05, 4.69) is 68.6 Å². The molecule has 21 heavy (non-hydrogen) atoms. The molecule has 2 rings (SSSR count). The molecule has 0 saturated heterocycles. The Morgan fingerprint density at radius 1 is 1.10 bits per heavy atom. The van der Waals surface area contributed by atoms with Gasteiger partial charge in [-0.15, -0.1) is 0 Å². The van der Waals surface area contributed by atoms with E-state index in [0.29, 0.717) is 12.0 Å². The van der Waals surface area contributed by atoms with E-state index in [9.17, 15) is 0 Å². The highest BCUT2D eigenvalue weighted by molar-refractivity contribution is 5.28. The molecule has 0 aliphatic heterocycles. The van der Waals surface area contributed by atoms with E-state index in [4.69, 9.17) is 0 Å². The number of benzene rings is 1. The fraction of sp³-hybridized carbons (Fsp3) is 0.500. The number of aryl methyl sites for hydroxylation is 1. The highest BCUT2D eigenvalue weighted by Crippen LogP contribution is 2.21. The van der Waals surface area contributed by atoms with E-state index in [-0.39, 0.29) is 0 Å². The third-order valence-corrected chi connectivity index (χ3v) is 3.91. The second-order valence-electron chi connectivity index (χ2n) is 5.84. The minimum Gasteiger partial charge on any atom is -0.310 e. The lowest BCUT2D eigenvalue weighted by Gasteiger charge is -2.18. The second kappa shape index (κ2) is 7.41. The van der Waals surface area contributed by atoms with Gasteiger partial charge in [-0.1, -0.05) is 45.0 Å². The zero-order chi connectivity index (χ0) is 15.2. The maximum atomic E-state index is 4.37. The molecule has 3 nitrogen and oxygen atoms in total. The van der Waals surface area contributed by atoms with Crippen molar-refractivity contribution in [2.45, 2.75) is 52.6 Å². The topological polar surface area (TPSA) is 29.9 Å². The summed E-state index contributed by atoms with van der Waals surface area (Å²) in [4.78, 5) is 0. The number of likely N-dealkylation sites (N-methyl/N-ethyl adjacent to an activating group) is 1. The third kappa shape index (κ3) is 4.18. The van der Waals surface area contributed by atoms with E-state index < -0.39 is 0 Å². The monoisotopic (exact) mass is 285 g/mol. The van der Waals surface area contributed by atoms with Crippen molar-refractivity contribution in [3.05, 3.63) is 53.3 Å². The average molecular weight is 285 g/mol. The molecule has 2 aromatic rings. The summed E-state index contributed by atoms with van der Waals surface area (Å²) in [7, 11) is 0. The number of nitrogens with one attached hydrogen (secondary N) is 1. The summed E-state index contributed by atoms with van der Waals surface area (Å²) in [5.41, 5.74) is 4.04. The van der Waals surface area contributed by atoms with Crippen LogP contribution in [-0.4, -0.2) is 16.3 Å². The molecule has 3 heteroatoms. The lowest BCUT2D eigenvalue weighted by atomic mass is 9.96. The first kappa shape index (κ1) is 15.8. The lowest BCUT2D eigenvalue weighted by molar-refractivity contribution is 0.549. The predicted molar refractivity (Wildman–Crippen MR) is 88.6 cm³/mol. The molecule has 1 heterocycles. The van der Waals surface area contributed by atoms with Crippen molar-refractivity contribution < 1.29 is 0 Å². The second-order valence-corrected chi connectivity index (χ2v) is 5.84. The van der Waals surface area contributed by atoms with Crippen molar-refractivity contribution >= 4 is 0 Å². The van der Waals surface area contributed by atoms with Gasteiger partial charge in [0.05, 0.1) is 6.20 Å². The quantitative estimate of drug-likeness (QED) is 0.835. The first-order valence-corrected chi connectivity index (χ1v) is 7.98. The van der Waals surface area contributed by atoms with Crippen molar-refractivity contribution in [1.82, 2.24) is 15.1 Å². The number of aromatic nitrogens is 2. The molecule has 0 amide bonds. The van der Waals surface area contributed by atoms with E-state index in [1.54, 1.807) is 0 Å². The Bertz CT molecular complexity index is 540. The summed E-state index contributed by atoms with van der Waals surface area (Å²) >= 11 is 0. The maximum absolute atomic E-state index is 4.37. The molecule has 0 fully saturated rings. The molecule has 0 spiro atoms. The Labute approximate surface area is 128 Å². The van der Waals surface area contributed by atoms with E-state index in [1.807, 2.05) is 10.9 Å². The third-order valence-electron chi connectivity index (χ3n) is 3.91. The predicted octanol–water partition coefficient (Wildman–Crippen LogP) is 3.92. The highest BCUT2D eigenvalue weighted by Gasteiger charge is 2.12. The molecule has 0 saturated carbocycles. The van der Waals surface area contributed by atoms with Crippen molar-refractivity contribution in [1.29, 1.82) is 0 Å². The van der Waals surface area contributed by atoms with Crippen LogP contribution in [0.15, 0.2) is 36.7 Å². The molecule has 0 bridgehead atoms. The summed E-state index contributed by atoms with van der Waals surface area (Å²) in [5.74, 6) is 0.583. The van der Waals surface area contributed by atoms with Crippen molar-refractivity contribution in [3.63, 3.8) is 0 Å². The van der Waals surface area contributed by atoms with Crippen LogP contribution in [0.5, 0.6) is 0 Å². The molecule has 1 unspecified atom stereocenters. The first-order valence-electron chi connectivity index (χ1n) is 7.98. The Hall–Kier alpha value is -1.61. The number of nitrogens with zero attached hydrogens (tertiary/aromatic N) is 2. The minimum atomic E-state index is 0.353. The fourth-order valence-electron chi connectivity index (χ4n) is 2.59. The average Bonchev–Trinajstić information content (AvgIpc) is 2.94. The van der Waals surface area contributed by atoms with Gasteiger partial charge in [-0.05, 0) is 42.5 Å². The van der Waals surface area contributed by atoms with Gasteiger partial charge in [0, 0.05) is 18.8 Å². The van der Waals surface area contributed by atoms with Gasteiger partial charge in [-0.2, -0.15) is 5.10 Å². The van der Waals surface area contributed by atoms with Crippen LogP contribution in [-0.2, 0) is 13.0 Å². The lowest BCUT2D eigenvalue weighted by Crippen LogP contribution is -2.22. The van der Waals surface area contributed by atoms with Crippen LogP contribution in [0.1, 0.15) is 56.3 Å². The molecule has 114 valence electrons. The Balaban J connectivity index is 2.13. The minimum absolute atomic E-state index is 0.353. The van der Waals surface area contributed by atoms with Gasteiger partial charge < -0.3 is 5.32 Å².